The number of esters is 1. The van der Waals surface area contributed by atoms with Gasteiger partial charge >= 0.3 is 5.97 Å². The molecule has 0 aliphatic heterocycles. The van der Waals surface area contributed by atoms with Gasteiger partial charge in [-0.05, 0) is 24.7 Å². The molecule has 1 amide bonds. The highest BCUT2D eigenvalue weighted by Crippen LogP contribution is 2.30. The van der Waals surface area contributed by atoms with Crippen molar-refractivity contribution in [3.05, 3.63) is 0 Å². The van der Waals surface area contributed by atoms with Crippen LogP contribution in [0.1, 0.15) is 52.9 Å². The molecule has 1 rings (SSSR count). The first-order valence-electron chi connectivity index (χ1n) is 7.51. The zero-order valence-electron chi connectivity index (χ0n) is 13.1. The number of hydrogen-bond donors (Lipinski definition) is 2. The van der Waals surface area contributed by atoms with E-state index in [1.807, 2.05) is 13.8 Å². The van der Waals surface area contributed by atoms with Crippen LogP contribution in [0.3, 0.4) is 0 Å². The van der Waals surface area contributed by atoms with E-state index in [0.29, 0.717) is 18.8 Å². The Kier molecular flexibility index (Phi) is 5.99. The van der Waals surface area contributed by atoms with Crippen LogP contribution < -0.4 is 11.1 Å². The maximum absolute atomic E-state index is 12.5. The average molecular weight is 284 g/mol. The maximum atomic E-state index is 12.5. The third kappa shape index (κ3) is 3.95. The Morgan fingerprint density at radius 3 is 2.65 bits per heavy atom. The molecule has 4 atom stereocenters. The van der Waals surface area contributed by atoms with E-state index in [2.05, 4.69) is 12.2 Å². The van der Waals surface area contributed by atoms with Crippen LogP contribution in [0.25, 0.3) is 0 Å². The minimum absolute atomic E-state index is 0.0241. The third-order valence-electron chi connectivity index (χ3n) is 4.44. The average Bonchev–Trinajstić information content (AvgIpc) is 2.42. The summed E-state index contributed by atoms with van der Waals surface area (Å²) in [6.45, 7) is 6.02. The van der Waals surface area contributed by atoms with Crippen molar-refractivity contribution in [2.75, 3.05) is 7.11 Å². The van der Waals surface area contributed by atoms with E-state index in [1.165, 1.54) is 7.11 Å². The fourth-order valence-corrected chi connectivity index (χ4v) is 2.88. The molecule has 20 heavy (non-hydrogen) atoms. The number of carbonyl (C=O) groups excluding carboxylic acids is 2. The van der Waals surface area contributed by atoms with Gasteiger partial charge in [0.05, 0.1) is 12.6 Å². The first-order valence-corrected chi connectivity index (χ1v) is 7.51. The van der Waals surface area contributed by atoms with E-state index < -0.39 is 17.6 Å². The van der Waals surface area contributed by atoms with Crippen molar-refractivity contribution in [2.24, 2.45) is 17.6 Å². The van der Waals surface area contributed by atoms with Crippen LogP contribution in [0.4, 0.5) is 0 Å². The molecule has 3 N–H and O–H groups in total. The Morgan fingerprint density at radius 2 is 2.15 bits per heavy atom. The molecule has 0 aromatic heterocycles. The van der Waals surface area contributed by atoms with Crippen LogP contribution in [0.5, 0.6) is 0 Å². The van der Waals surface area contributed by atoms with Crippen molar-refractivity contribution >= 4 is 11.9 Å². The lowest BCUT2D eigenvalue weighted by Gasteiger charge is -2.36. The molecule has 5 nitrogen and oxygen atoms in total. The first-order chi connectivity index (χ1) is 9.34. The summed E-state index contributed by atoms with van der Waals surface area (Å²) in [5, 5.41) is 2.81. The zero-order valence-corrected chi connectivity index (χ0v) is 13.1. The monoisotopic (exact) mass is 284 g/mol. The first kappa shape index (κ1) is 17.0. The minimum Gasteiger partial charge on any atom is -0.467 e. The predicted octanol–water partition coefficient (Wildman–Crippen LogP) is 1.60. The molecular formula is C15H28N2O3. The summed E-state index contributed by atoms with van der Waals surface area (Å²) in [5.74, 6) is -0.157. The Balaban J connectivity index is 2.77. The maximum Gasteiger partial charge on any atom is 0.328 e. The van der Waals surface area contributed by atoms with Crippen LogP contribution in [-0.2, 0) is 14.3 Å². The smallest absolute Gasteiger partial charge is 0.328 e. The minimum atomic E-state index is -0.850. The van der Waals surface area contributed by atoms with Gasteiger partial charge in [-0.3, -0.25) is 4.79 Å². The molecule has 0 aromatic carbocycles. The number of ether oxygens (including phenoxy) is 1. The number of methoxy groups -OCH3 is 1. The molecule has 1 fully saturated rings. The molecule has 4 unspecified atom stereocenters. The number of hydrogen-bond acceptors (Lipinski definition) is 4. The number of nitrogens with one attached hydrogen (secondary N) is 1. The van der Waals surface area contributed by atoms with Crippen molar-refractivity contribution in [3.8, 4) is 0 Å². The lowest BCUT2D eigenvalue weighted by atomic mass is 9.76. The van der Waals surface area contributed by atoms with Gasteiger partial charge in [-0.15, -0.1) is 0 Å². The van der Waals surface area contributed by atoms with E-state index >= 15 is 0 Å². The molecule has 0 saturated heterocycles. The van der Waals surface area contributed by atoms with Crippen LogP contribution >= 0.6 is 0 Å². The Morgan fingerprint density at radius 1 is 1.50 bits per heavy atom. The van der Waals surface area contributed by atoms with E-state index in [1.54, 1.807) is 0 Å². The van der Waals surface area contributed by atoms with Gasteiger partial charge in [-0.1, -0.05) is 40.0 Å². The summed E-state index contributed by atoms with van der Waals surface area (Å²) in [5.41, 5.74) is 5.41. The summed E-state index contributed by atoms with van der Waals surface area (Å²) in [7, 11) is 1.34. The molecule has 0 heterocycles. The van der Waals surface area contributed by atoms with Gasteiger partial charge in [-0.25, -0.2) is 4.79 Å². The number of carbonyl (C=O) groups is 2. The molecule has 1 aliphatic carbocycles. The highest BCUT2D eigenvalue weighted by Gasteiger charge is 2.40. The molecule has 0 aromatic rings. The topological polar surface area (TPSA) is 81.4 Å². The van der Waals surface area contributed by atoms with Crippen LogP contribution in [-0.4, -0.2) is 30.6 Å². The highest BCUT2D eigenvalue weighted by molar-refractivity contribution is 5.90. The quantitative estimate of drug-likeness (QED) is 0.751. The highest BCUT2D eigenvalue weighted by atomic mass is 16.5. The van der Waals surface area contributed by atoms with Gasteiger partial charge in [0.2, 0.25) is 5.91 Å². The van der Waals surface area contributed by atoms with Gasteiger partial charge in [0.15, 0.2) is 0 Å². The molecule has 0 radical (unpaired) electrons. The van der Waals surface area contributed by atoms with Gasteiger partial charge in [0.1, 0.15) is 6.04 Å². The molecular weight excluding hydrogens is 256 g/mol. The van der Waals surface area contributed by atoms with Crippen molar-refractivity contribution in [2.45, 2.75) is 64.5 Å². The van der Waals surface area contributed by atoms with Crippen molar-refractivity contribution < 1.29 is 14.3 Å². The predicted molar refractivity (Wildman–Crippen MR) is 78.0 cm³/mol. The number of nitrogens with two attached hydrogens (primary N) is 1. The van der Waals surface area contributed by atoms with E-state index in [-0.39, 0.29) is 11.8 Å². The fourth-order valence-electron chi connectivity index (χ4n) is 2.88. The number of amides is 1. The van der Waals surface area contributed by atoms with Crippen LogP contribution in [0, 0.1) is 11.8 Å². The van der Waals surface area contributed by atoms with Gasteiger partial charge in [0, 0.05) is 0 Å². The SMILES string of the molecule is CCC(C)C(NC(=O)C1(N)CCCC(C)C1)C(=O)OC. The summed E-state index contributed by atoms with van der Waals surface area (Å²) in [4.78, 5) is 24.3. The summed E-state index contributed by atoms with van der Waals surface area (Å²) in [6, 6.07) is -0.616. The van der Waals surface area contributed by atoms with E-state index in [0.717, 1.165) is 19.3 Å². The third-order valence-corrected chi connectivity index (χ3v) is 4.44. The fraction of sp³-hybridized carbons (Fsp3) is 0.867. The summed E-state index contributed by atoms with van der Waals surface area (Å²) >= 11 is 0. The van der Waals surface area contributed by atoms with Crippen molar-refractivity contribution in [3.63, 3.8) is 0 Å². The lowest BCUT2D eigenvalue weighted by molar-refractivity contribution is -0.147. The van der Waals surface area contributed by atoms with Gasteiger partial charge in [-0.2, -0.15) is 0 Å². The molecule has 1 aliphatic rings. The van der Waals surface area contributed by atoms with E-state index in [4.69, 9.17) is 10.5 Å². The van der Waals surface area contributed by atoms with Gasteiger partial charge in [0.25, 0.3) is 0 Å². The Hall–Kier alpha value is -1.10. The second-order valence-corrected chi connectivity index (χ2v) is 6.22. The van der Waals surface area contributed by atoms with Gasteiger partial charge < -0.3 is 15.8 Å². The molecule has 0 bridgehead atoms. The normalized spacial score (nSPS) is 29.4. The largest absolute Gasteiger partial charge is 0.467 e. The zero-order chi connectivity index (χ0) is 15.3. The molecule has 116 valence electrons. The molecule has 5 heteroatoms. The van der Waals surface area contributed by atoms with Crippen molar-refractivity contribution in [1.29, 1.82) is 0 Å². The van der Waals surface area contributed by atoms with E-state index in [9.17, 15) is 9.59 Å². The second kappa shape index (κ2) is 7.07. The van der Waals surface area contributed by atoms with Crippen LogP contribution in [0.2, 0.25) is 0 Å². The standard InChI is InChI=1S/C15H28N2O3/c1-5-11(3)12(13(18)20-4)17-14(19)15(16)8-6-7-10(2)9-15/h10-12H,5-9,16H2,1-4H3,(H,17,19). The number of rotatable bonds is 5. The Bertz CT molecular complexity index is 359. The molecule has 1 saturated carbocycles. The Labute approximate surface area is 121 Å². The summed E-state index contributed by atoms with van der Waals surface area (Å²) < 4.78 is 4.78. The van der Waals surface area contributed by atoms with Crippen molar-refractivity contribution in [1.82, 2.24) is 5.32 Å². The molecule has 0 spiro atoms. The second-order valence-electron chi connectivity index (χ2n) is 6.22. The summed E-state index contributed by atoms with van der Waals surface area (Å²) in [6.07, 6.45) is 4.20. The van der Waals surface area contributed by atoms with Crippen LogP contribution in [0.15, 0.2) is 0 Å². The lowest BCUT2D eigenvalue weighted by Crippen LogP contribution is -2.60.